The molecule has 2 heterocycles. The molecule has 0 spiro atoms. The molecule has 0 saturated carbocycles. The Labute approximate surface area is 183 Å². The second kappa shape index (κ2) is 7.80. The highest BCUT2D eigenvalue weighted by Crippen LogP contribution is 2.47. The van der Waals surface area contributed by atoms with Crippen LogP contribution in [0.2, 0.25) is 0 Å². The Kier molecular flexibility index (Phi) is 5.29. The lowest BCUT2D eigenvalue weighted by atomic mass is 9.70. The van der Waals surface area contributed by atoms with Gasteiger partial charge in [0.15, 0.2) is 5.78 Å². The molecule has 1 N–H and O–H groups in total. The van der Waals surface area contributed by atoms with E-state index in [1.807, 2.05) is 38.1 Å². The summed E-state index contributed by atoms with van der Waals surface area (Å²) in [7, 11) is 0. The molecule has 1 atom stereocenters. The number of rotatable bonds is 2. The van der Waals surface area contributed by atoms with Crippen molar-refractivity contribution in [2.45, 2.75) is 53.4 Å². The van der Waals surface area contributed by atoms with E-state index in [0.29, 0.717) is 18.7 Å². The van der Waals surface area contributed by atoms with E-state index in [4.69, 9.17) is 0 Å². The number of aryl methyl sites for hydroxylation is 2. The predicted molar refractivity (Wildman–Crippen MR) is 123 cm³/mol. The number of urea groups is 1. The molecule has 0 saturated heterocycles. The van der Waals surface area contributed by atoms with Crippen LogP contribution in [0.3, 0.4) is 0 Å². The lowest BCUT2D eigenvalue weighted by Crippen LogP contribution is -2.42. The minimum atomic E-state index is -0.285. The zero-order valence-electron chi connectivity index (χ0n) is 18.8. The number of carbonyl (C=O) groups excluding carboxylic acids is 2. The Balaban J connectivity index is 1.78. The minimum absolute atomic E-state index is 0.119. The smallest absolute Gasteiger partial charge is 0.294 e. The first-order chi connectivity index (χ1) is 14.6. The fourth-order valence-electron chi connectivity index (χ4n) is 4.65. The zero-order valence-corrected chi connectivity index (χ0v) is 18.8. The van der Waals surface area contributed by atoms with Crippen LogP contribution in [0.15, 0.2) is 65.6 Å². The van der Waals surface area contributed by atoms with Crippen molar-refractivity contribution in [1.82, 2.24) is 9.88 Å². The Hall–Kier alpha value is -3.21. The summed E-state index contributed by atoms with van der Waals surface area (Å²) in [5.74, 6) is 0.481. The van der Waals surface area contributed by atoms with Crippen molar-refractivity contribution in [1.29, 1.82) is 0 Å². The van der Waals surface area contributed by atoms with Gasteiger partial charge in [-0.2, -0.15) is 0 Å². The number of carbonyl (C=O) groups is 2. The van der Waals surface area contributed by atoms with Crippen molar-refractivity contribution in [2.24, 2.45) is 5.41 Å². The van der Waals surface area contributed by atoms with Crippen molar-refractivity contribution < 1.29 is 9.59 Å². The summed E-state index contributed by atoms with van der Waals surface area (Å²) in [6.45, 7) is 10.1. The number of allylic oxidation sites excluding steroid dienone is 4. The van der Waals surface area contributed by atoms with Crippen LogP contribution >= 0.6 is 0 Å². The van der Waals surface area contributed by atoms with Gasteiger partial charge in [0.1, 0.15) is 5.82 Å². The summed E-state index contributed by atoms with van der Waals surface area (Å²) in [4.78, 5) is 32.6. The molecule has 1 aromatic heterocycles. The number of aromatic nitrogens is 1. The van der Waals surface area contributed by atoms with Gasteiger partial charge in [0.05, 0.1) is 0 Å². The van der Waals surface area contributed by atoms with E-state index < -0.39 is 0 Å². The number of amides is 2. The molecule has 0 radical (unpaired) electrons. The highest BCUT2D eigenvalue weighted by molar-refractivity contribution is 6.02. The second-order valence-electron chi connectivity index (χ2n) is 9.49. The highest BCUT2D eigenvalue weighted by atomic mass is 16.2. The molecule has 2 aliphatic rings. The number of Topliss-reactive ketones (excluding diaryl/α,β-unsaturated/α-hetero) is 1. The van der Waals surface area contributed by atoms with Crippen LogP contribution < -0.4 is 5.32 Å². The van der Waals surface area contributed by atoms with Crippen molar-refractivity contribution >= 4 is 17.6 Å². The van der Waals surface area contributed by atoms with Crippen molar-refractivity contribution in [3.63, 3.8) is 0 Å². The molecule has 0 fully saturated rings. The van der Waals surface area contributed by atoms with E-state index >= 15 is 0 Å². The van der Waals surface area contributed by atoms with Gasteiger partial charge in [0.25, 0.3) is 0 Å². The molecular formula is C26H29N3O2. The van der Waals surface area contributed by atoms with E-state index in [2.05, 4.69) is 49.3 Å². The summed E-state index contributed by atoms with van der Waals surface area (Å²) >= 11 is 0. The quantitative estimate of drug-likeness (QED) is 0.666. The molecule has 2 amide bonds. The van der Waals surface area contributed by atoms with E-state index in [9.17, 15) is 9.59 Å². The molecule has 1 aliphatic heterocycles. The normalized spacial score (nSPS) is 20.3. The number of hydrogen-bond acceptors (Lipinski definition) is 3. The van der Waals surface area contributed by atoms with Crippen LogP contribution in [0, 0.1) is 19.3 Å². The third-order valence-electron chi connectivity index (χ3n) is 5.99. The fourth-order valence-corrected chi connectivity index (χ4v) is 4.65. The van der Waals surface area contributed by atoms with Gasteiger partial charge in [-0.1, -0.05) is 49.8 Å². The van der Waals surface area contributed by atoms with Crippen LogP contribution in [0.4, 0.5) is 10.6 Å². The molecule has 2 aromatic rings. The van der Waals surface area contributed by atoms with Gasteiger partial charge in [-0.25, -0.2) is 9.78 Å². The van der Waals surface area contributed by atoms with Crippen molar-refractivity contribution in [3.8, 4) is 0 Å². The van der Waals surface area contributed by atoms with Crippen molar-refractivity contribution in [3.05, 3.63) is 82.3 Å². The Bertz CT molecular complexity index is 1130. The molecule has 31 heavy (non-hydrogen) atoms. The van der Waals surface area contributed by atoms with E-state index in [-0.39, 0.29) is 23.1 Å². The van der Waals surface area contributed by atoms with Gasteiger partial charge in [0, 0.05) is 35.5 Å². The van der Waals surface area contributed by atoms with E-state index in [1.54, 1.807) is 11.1 Å². The van der Waals surface area contributed by atoms with Gasteiger partial charge in [-0.05, 0) is 55.9 Å². The van der Waals surface area contributed by atoms with E-state index in [0.717, 1.165) is 33.7 Å². The third-order valence-corrected chi connectivity index (χ3v) is 5.99. The third kappa shape index (κ3) is 4.18. The maximum atomic E-state index is 13.3. The number of nitrogens with one attached hydrogen (secondary N) is 1. The number of hydrogen-bond donors (Lipinski definition) is 1. The van der Waals surface area contributed by atoms with Crippen LogP contribution in [0.5, 0.6) is 0 Å². The summed E-state index contributed by atoms with van der Waals surface area (Å²) in [5, 5.41) is 2.91. The number of ketones is 1. The van der Waals surface area contributed by atoms with Gasteiger partial charge in [0.2, 0.25) is 0 Å². The molecule has 5 heteroatoms. The predicted octanol–water partition coefficient (Wildman–Crippen LogP) is 5.88. The number of benzene rings is 1. The van der Waals surface area contributed by atoms with Crippen LogP contribution in [-0.4, -0.2) is 21.7 Å². The molecular weight excluding hydrogens is 386 g/mol. The summed E-state index contributed by atoms with van der Waals surface area (Å²) in [5.41, 5.74) is 5.41. The topological polar surface area (TPSA) is 62.3 Å². The van der Waals surface area contributed by atoms with Gasteiger partial charge >= 0.3 is 6.03 Å². The van der Waals surface area contributed by atoms with Gasteiger partial charge in [-0.15, -0.1) is 0 Å². The fraction of sp³-hybridized carbons (Fsp3) is 0.346. The molecule has 5 nitrogen and oxygen atoms in total. The first kappa shape index (κ1) is 21.0. The Morgan fingerprint density at radius 3 is 2.55 bits per heavy atom. The average Bonchev–Trinajstić information content (AvgIpc) is 2.66. The van der Waals surface area contributed by atoms with Gasteiger partial charge in [-0.3, -0.25) is 15.0 Å². The second-order valence-corrected chi connectivity index (χ2v) is 9.49. The lowest BCUT2D eigenvalue weighted by Gasteiger charge is -2.42. The summed E-state index contributed by atoms with van der Waals surface area (Å²) < 4.78 is 0. The van der Waals surface area contributed by atoms with Crippen LogP contribution in [0.25, 0.3) is 0 Å². The molecule has 4 rings (SSSR count). The molecule has 1 unspecified atom stereocenters. The number of pyridine rings is 1. The zero-order chi connectivity index (χ0) is 22.3. The Morgan fingerprint density at radius 1 is 1.10 bits per heavy atom. The highest BCUT2D eigenvalue weighted by Gasteiger charge is 2.42. The summed E-state index contributed by atoms with van der Waals surface area (Å²) in [6.07, 6.45) is 4.86. The van der Waals surface area contributed by atoms with Crippen LogP contribution in [-0.2, 0) is 4.79 Å². The Morgan fingerprint density at radius 2 is 1.84 bits per heavy atom. The van der Waals surface area contributed by atoms with Gasteiger partial charge < -0.3 is 0 Å². The van der Waals surface area contributed by atoms with Crippen LogP contribution in [0.1, 0.15) is 56.2 Å². The van der Waals surface area contributed by atoms with Crippen molar-refractivity contribution in [2.75, 3.05) is 5.32 Å². The monoisotopic (exact) mass is 415 g/mol. The maximum absolute atomic E-state index is 13.3. The summed E-state index contributed by atoms with van der Waals surface area (Å²) in [6, 6.07) is 11.7. The minimum Gasteiger partial charge on any atom is -0.294 e. The average molecular weight is 416 g/mol. The molecule has 0 bridgehead atoms. The largest absolute Gasteiger partial charge is 0.331 e. The maximum Gasteiger partial charge on any atom is 0.331 e. The standard InChI is InChI=1S/C26H29N3O2/c1-16-7-6-8-19(11-16)20-13-18(3)29(21-14-26(4,5)15-22(30)24(20)21)25(31)28-23-12-17(2)9-10-27-23/h6-13,20H,14-15H2,1-5H3,(H,27,28,31). The first-order valence-electron chi connectivity index (χ1n) is 10.7. The lowest BCUT2D eigenvalue weighted by molar-refractivity contribution is -0.118. The molecule has 1 aromatic carbocycles. The number of anilines is 1. The SMILES string of the molecule is CC1=CC(c2cccc(C)c2)C2=C(CC(C)(C)CC2=O)N1C(=O)Nc1cc(C)ccn1. The van der Waals surface area contributed by atoms with E-state index in [1.165, 1.54) is 0 Å². The number of nitrogens with zero attached hydrogens (tertiary/aromatic N) is 2. The molecule has 1 aliphatic carbocycles. The first-order valence-corrected chi connectivity index (χ1v) is 10.7. The molecule has 160 valence electrons.